The molecule has 0 N–H and O–H groups in total. The smallest absolute Gasteiger partial charge is 0.330 e. The van der Waals surface area contributed by atoms with Crippen LogP contribution >= 0.6 is 0 Å². The second kappa shape index (κ2) is 8.13. The third-order valence-electron chi connectivity index (χ3n) is 7.00. The number of hydrogen-bond donors (Lipinski definition) is 0. The molecule has 0 aromatic carbocycles. The lowest BCUT2D eigenvalue weighted by molar-refractivity contribution is -0.131. The quantitative estimate of drug-likeness (QED) is 0.460. The summed E-state index contributed by atoms with van der Waals surface area (Å²) in [6, 6.07) is 11.6. The topological polar surface area (TPSA) is 101 Å². The Bertz CT molecular complexity index is 1500. The number of amides is 1. The minimum Gasteiger partial charge on any atom is -0.340 e. The Kier molecular flexibility index (Phi) is 4.94. The zero-order chi connectivity index (χ0) is 23.2. The SMILES string of the molecule is N#CCC(=O)N1CCCC(n2c(=O)n(CC3CC3)c3ccc(-c4cnn5ccccc45)nc32)C1. The van der Waals surface area contributed by atoms with Gasteiger partial charge in [-0.15, -0.1) is 0 Å². The maximum absolute atomic E-state index is 13.7. The van der Waals surface area contributed by atoms with Gasteiger partial charge in [-0.25, -0.2) is 14.3 Å². The molecule has 1 unspecified atom stereocenters. The minimum atomic E-state index is -0.179. The molecule has 1 amide bonds. The molecule has 0 radical (unpaired) electrons. The number of pyridine rings is 2. The summed E-state index contributed by atoms with van der Waals surface area (Å²) in [5.41, 5.74) is 4.04. The Morgan fingerprint density at radius 1 is 1.15 bits per heavy atom. The molecule has 4 aromatic heterocycles. The van der Waals surface area contributed by atoms with Crippen molar-refractivity contribution in [3.8, 4) is 17.3 Å². The number of carbonyl (C=O) groups excluding carboxylic acids is 1. The average Bonchev–Trinajstić information content (AvgIpc) is 3.51. The molecule has 0 spiro atoms. The third-order valence-corrected chi connectivity index (χ3v) is 7.00. The van der Waals surface area contributed by atoms with Crippen molar-refractivity contribution in [3.63, 3.8) is 0 Å². The first-order chi connectivity index (χ1) is 16.6. The van der Waals surface area contributed by atoms with Gasteiger partial charge < -0.3 is 4.90 Å². The highest BCUT2D eigenvalue weighted by atomic mass is 16.2. The number of fused-ring (bicyclic) bond motifs is 2. The van der Waals surface area contributed by atoms with Crippen molar-refractivity contribution in [2.24, 2.45) is 5.92 Å². The van der Waals surface area contributed by atoms with Crippen LogP contribution in [0.4, 0.5) is 0 Å². The van der Waals surface area contributed by atoms with Gasteiger partial charge in [0.15, 0.2) is 5.65 Å². The molecule has 1 atom stereocenters. The van der Waals surface area contributed by atoms with Crippen LogP contribution < -0.4 is 5.69 Å². The number of nitrogens with zero attached hydrogens (tertiary/aromatic N) is 7. The second-order valence-electron chi connectivity index (χ2n) is 9.31. The van der Waals surface area contributed by atoms with E-state index in [-0.39, 0.29) is 24.1 Å². The molecule has 1 saturated carbocycles. The molecule has 1 aliphatic carbocycles. The van der Waals surface area contributed by atoms with Gasteiger partial charge in [0, 0.05) is 31.4 Å². The predicted molar refractivity (Wildman–Crippen MR) is 126 cm³/mol. The molecule has 1 saturated heterocycles. The van der Waals surface area contributed by atoms with Gasteiger partial charge in [0.05, 0.1) is 35.0 Å². The summed E-state index contributed by atoms with van der Waals surface area (Å²) in [4.78, 5) is 32.8. The van der Waals surface area contributed by atoms with Crippen LogP contribution in [0.15, 0.2) is 47.5 Å². The number of piperidine rings is 1. The van der Waals surface area contributed by atoms with E-state index in [9.17, 15) is 9.59 Å². The van der Waals surface area contributed by atoms with Gasteiger partial charge in [0.1, 0.15) is 6.42 Å². The van der Waals surface area contributed by atoms with Gasteiger partial charge in [-0.05, 0) is 55.9 Å². The fourth-order valence-corrected chi connectivity index (χ4v) is 5.07. The van der Waals surface area contributed by atoms with E-state index in [4.69, 9.17) is 10.2 Å². The molecule has 2 fully saturated rings. The summed E-state index contributed by atoms with van der Waals surface area (Å²) in [6.07, 6.45) is 7.44. The minimum absolute atomic E-state index is 0.0639. The highest BCUT2D eigenvalue weighted by Gasteiger charge is 2.31. The Labute approximate surface area is 195 Å². The van der Waals surface area contributed by atoms with Crippen LogP contribution in [0.2, 0.25) is 0 Å². The van der Waals surface area contributed by atoms with Gasteiger partial charge >= 0.3 is 5.69 Å². The Hall–Kier alpha value is -3.93. The van der Waals surface area contributed by atoms with Crippen LogP contribution in [-0.2, 0) is 11.3 Å². The number of carbonyl (C=O) groups is 1. The molecule has 0 bridgehead atoms. The Morgan fingerprint density at radius 2 is 2.03 bits per heavy atom. The summed E-state index contributed by atoms with van der Waals surface area (Å²) >= 11 is 0. The van der Waals surface area contributed by atoms with E-state index in [1.54, 1.807) is 15.7 Å². The van der Waals surface area contributed by atoms with Gasteiger partial charge in [-0.2, -0.15) is 10.4 Å². The lowest BCUT2D eigenvalue weighted by Gasteiger charge is -2.32. The highest BCUT2D eigenvalue weighted by molar-refractivity contribution is 5.82. The number of aromatic nitrogens is 5. The van der Waals surface area contributed by atoms with E-state index in [0.717, 1.165) is 48.0 Å². The van der Waals surface area contributed by atoms with Gasteiger partial charge in [0.2, 0.25) is 5.91 Å². The monoisotopic (exact) mass is 455 g/mol. The molecule has 4 aromatic rings. The molecule has 1 aliphatic heterocycles. The van der Waals surface area contributed by atoms with Gasteiger partial charge in [0.25, 0.3) is 0 Å². The molecule has 9 heteroatoms. The summed E-state index contributed by atoms with van der Waals surface area (Å²) in [7, 11) is 0. The van der Waals surface area contributed by atoms with Crippen LogP contribution in [0.3, 0.4) is 0 Å². The molecule has 6 rings (SSSR count). The van der Waals surface area contributed by atoms with E-state index in [2.05, 4.69) is 5.10 Å². The maximum atomic E-state index is 13.7. The fraction of sp³-hybridized carbons (Fsp3) is 0.400. The molecular formula is C25H25N7O2. The zero-order valence-corrected chi connectivity index (χ0v) is 18.8. The van der Waals surface area contributed by atoms with E-state index < -0.39 is 0 Å². The van der Waals surface area contributed by atoms with Crippen molar-refractivity contribution in [2.75, 3.05) is 13.1 Å². The number of rotatable bonds is 5. The van der Waals surface area contributed by atoms with Crippen molar-refractivity contribution in [2.45, 2.75) is 44.7 Å². The van der Waals surface area contributed by atoms with Crippen LogP contribution in [0.25, 0.3) is 27.9 Å². The van der Waals surface area contributed by atoms with Crippen molar-refractivity contribution >= 4 is 22.6 Å². The lowest BCUT2D eigenvalue weighted by Crippen LogP contribution is -2.43. The summed E-state index contributed by atoms with van der Waals surface area (Å²) in [5.74, 6) is 0.359. The van der Waals surface area contributed by atoms with Crippen molar-refractivity contribution in [1.82, 2.24) is 28.6 Å². The molecular weight excluding hydrogens is 430 g/mol. The van der Waals surface area contributed by atoms with Crippen LogP contribution in [-0.4, -0.2) is 47.6 Å². The Balaban J connectivity index is 1.47. The van der Waals surface area contributed by atoms with E-state index >= 15 is 0 Å². The molecule has 34 heavy (non-hydrogen) atoms. The number of nitriles is 1. The summed E-state index contributed by atoms with van der Waals surface area (Å²) in [5, 5.41) is 13.4. The number of likely N-dealkylation sites (tertiary alicyclic amines) is 1. The summed E-state index contributed by atoms with van der Waals surface area (Å²) in [6.45, 7) is 1.74. The fourth-order valence-electron chi connectivity index (χ4n) is 5.07. The lowest BCUT2D eigenvalue weighted by atomic mass is 10.1. The zero-order valence-electron chi connectivity index (χ0n) is 18.8. The van der Waals surface area contributed by atoms with Crippen LogP contribution in [0, 0.1) is 17.2 Å². The summed E-state index contributed by atoms with van der Waals surface area (Å²) < 4.78 is 5.46. The first-order valence-corrected chi connectivity index (χ1v) is 11.8. The molecule has 9 nitrogen and oxygen atoms in total. The van der Waals surface area contributed by atoms with Crippen LogP contribution in [0.1, 0.15) is 38.1 Å². The van der Waals surface area contributed by atoms with Gasteiger partial charge in [-0.1, -0.05) is 6.07 Å². The second-order valence-corrected chi connectivity index (χ2v) is 9.31. The Morgan fingerprint density at radius 3 is 2.85 bits per heavy atom. The van der Waals surface area contributed by atoms with Crippen molar-refractivity contribution in [3.05, 3.63) is 53.2 Å². The predicted octanol–water partition coefficient (Wildman–Crippen LogP) is 3.00. The van der Waals surface area contributed by atoms with Crippen molar-refractivity contribution < 1.29 is 4.79 Å². The van der Waals surface area contributed by atoms with Crippen LogP contribution in [0.5, 0.6) is 0 Å². The molecule has 172 valence electrons. The third kappa shape index (κ3) is 3.46. The first kappa shape index (κ1) is 20.7. The number of imidazole rings is 1. The normalized spacial score (nSPS) is 18.4. The highest BCUT2D eigenvalue weighted by Crippen LogP contribution is 2.33. The van der Waals surface area contributed by atoms with E-state index in [1.807, 2.05) is 51.7 Å². The first-order valence-electron chi connectivity index (χ1n) is 11.8. The number of hydrogen-bond acceptors (Lipinski definition) is 5. The van der Waals surface area contributed by atoms with Crippen molar-refractivity contribution in [1.29, 1.82) is 5.26 Å². The van der Waals surface area contributed by atoms with Gasteiger partial charge in [-0.3, -0.25) is 13.9 Å². The largest absolute Gasteiger partial charge is 0.340 e. The molecule has 5 heterocycles. The maximum Gasteiger partial charge on any atom is 0.330 e. The van der Waals surface area contributed by atoms with E-state index in [0.29, 0.717) is 31.2 Å². The average molecular weight is 456 g/mol. The molecule has 2 aliphatic rings. The van der Waals surface area contributed by atoms with E-state index in [1.165, 1.54) is 0 Å². The standard InChI is InChI=1S/C25H25N7O2/c26-11-10-23(33)29-12-3-4-18(16-29)32-24-22(30(25(32)34)15-17-6-7-17)9-8-20(28-24)19-14-27-31-13-2-1-5-21(19)31/h1-2,5,8-9,13-14,17-18H,3-4,6-7,10,12,15-16H2.